The number of carbonyl (C=O) groups is 1. The zero-order valence-corrected chi connectivity index (χ0v) is 22.9. The minimum Gasteiger partial charge on any atom is -0.507 e. The van der Waals surface area contributed by atoms with Crippen LogP contribution in [0.1, 0.15) is 37.9 Å². The van der Waals surface area contributed by atoms with Crippen molar-refractivity contribution < 1.29 is 24.1 Å². The second kappa shape index (κ2) is 10.8. The van der Waals surface area contributed by atoms with Gasteiger partial charge in [0.1, 0.15) is 5.75 Å². The van der Waals surface area contributed by atoms with Gasteiger partial charge in [0.25, 0.3) is 5.56 Å². The van der Waals surface area contributed by atoms with Gasteiger partial charge in [-0.05, 0) is 61.4 Å². The summed E-state index contributed by atoms with van der Waals surface area (Å²) in [5.74, 6) is 0.561. The molecule has 3 aromatic carbocycles. The number of methoxy groups -OCH3 is 1. The van der Waals surface area contributed by atoms with Crippen molar-refractivity contribution in [1.29, 1.82) is 0 Å². The largest absolute Gasteiger partial charge is 0.507 e. The molecule has 0 unspecified atom stereocenters. The number of thiazole rings is 1. The van der Waals surface area contributed by atoms with Gasteiger partial charge in [-0.25, -0.2) is 9.79 Å². The van der Waals surface area contributed by atoms with Crippen LogP contribution in [0, 0.1) is 0 Å². The van der Waals surface area contributed by atoms with Crippen LogP contribution in [0.3, 0.4) is 0 Å². The van der Waals surface area contributed by atoms with Gasteiger partial charge >= 0.3 is 5.97 Å². The summed E-state index contributed by atoms with van der Waals surface area (Å²) in [7, 11) is 1.55. The number of nitrogens with zero attached hydrogens (tertiary/aromatic N) is 2. The predicted molar refractivity (Wildman–Crippen MR) is 150 cm³/mol. The number of ether oxygens (including phenoxy) is 3. The molecule has 0 fully saturated rings. The molecule has 5 rings (SSSR count). The topological polar surface area (TPSA) is 99.4 Å². The maximum absolute atomic E-state index is 14.0. The third-order valence-corrected chi connectivity index (χ3v) is 7.53. The number of carbonyl (C=O) groups excluding carboxylic acids is 1. The normalized spacial score (nSPS) is 15.2. The lowest BCUT2D eigenvalue weighted by Gasteiger charge is -2.25. The first kappa shape index (κ1) is 26.2. The lowest BCUT2D eigenvalue weighted by Crippen LogP contribution is -2.40. The number of aromatic hydroxyl groups is 1. The SMILES string of the molecule is CCOC(=O)C1=C(C)N=c2s/c(=C\c3c(O)ccc4ccccc34)c(=O)n2[C@@H]1c1ccc(OC)c(OCC)c1. The minimum absolute atomic E-state index is 0.0657. The van der Waals surface area contributed by atoms with E-state index < -0.39 is 12.0 Å². The molecule has 0 amide bonds. The number of hydrogen-bond acceptors (Lipinski definition) is 8. The van der Waals surface area contributed by atoms with Crippen LogP contribution in [-0.4, -0.2) is 36.0 Å². The molecule has 0 saturated heterocycles. The average molecular weight is 545 g/mol. The first-order chi connectivity index (χ1) is 18.9. The van der Waals surface area contributed by atoms with E-state index in [1.807, 2.05) is 37.3 Å². The van der Waals surface area contributed by atoms with E-state index in [9.17, 15) is 14.7 Å². The Labute approximate surface area is 228 Å². The number of esters is 1. The molecule has 1 atom stereocenters. The molecule has 1 aliphatic rings. The Morgan fingerprint density at radius 3 is 2.64 bits per heavy atom. The van der Waals surface area contributed by atoms with Gasteiger partial charge in [0.05, 0.1) is 42.2 Å². The molecule has 1 aromatic heterocycles. The van der Waals surface area contributed by atoms with Gasteiger partial charge in [-0.3, -0.25) is 9.36 Å². The summed E-state index contributed by atoms with van der Waals surface area (Å²) < 4.78 is 18.5. The molecule has 0 saturated carbocycles. The smallest absolute Gasteiger partial charge is 0.338 e. The zero-order chi connectivity index (χ0) is 27.7. The summed E-state index contributed by atoms with van der Waals surface area (Å²) in [4.78, 5) is 32.2. The van der Waals surface area contributed by atoms with Crippen molar-refractivity contribution >= 4 is 34.2 Å². The highest BCUT2D eigenvalue weighted by Gasteiger charge is 2.34. The fourth-order valence-corrected chi connectivity index (χ4v) is 5.83. The van der Waals surface area contributed by atoms with Crippen LogP contribution in [0.2, 0.25) is 0 Å². The lowest BCUT2D eigenvalue weighted by atomic mass is 9.95. The number of phenols is 1. The predicted octanol–water partition coefficient (Wildman–Crippen LogP) is 4.06. The van der Waals surface area contributed by atoms with E-state index in [2.05, 4.69) is 4.99 Å². The third-order valence-electron chi connectivity index (χ3n) is 6.54. The Morgan fingerprint density at radius 2 is 1.90 bits per heavy atom. The maximum atomic E-state index is 14.0. The van der Waals surface area contributed by atoms with E-state index in [1.54, 1.807) is 51.3 Å². The van der Waals surface area contributed by atoms with E-state index in [0.717, 1.165) is 10.8 Å². The van der Waals surface area contributed by atoms with Crippen molar-refractivity contribution in [1.82, 2.24) is 4.57 Å². The first-order valence-corrected chi connectivity index (χ1v) is 13.4. The number of phenolic OH excluding ortho intramolecular Hbond substituents is 1. The van der Waals surface area contributed by atoms with Crippen molar-refractivity contribution in [2.24, 2.45) is 4.99 Å². The summed E-state index contributed by atoms with van der Waals surface area (Å²) >= 11 is 1.20. The van der Waals surface area contributed by atoms with Crippen LogP contribution in [-0.2, 0) is 9.53 Å². The molecule has 200 valence electrons. The van der Waals surface area contributed by atoms with E-state index in [1.165, 1.54) is 15.9 Å². The van der Waals surface area contributed by atoms with Gasteiger partial charge < -0.3 is 19.3 Å². The molecule has 2 heterocycles. The molecule has 0 spiro atoms. The highest BCUT2D eigenvalue weighted by atomic mass is 32.1. The number of aromatic nitrogens is 1. The standard InChI is InChI=1S/C30H28N2O6S/c1-5-37-24-15-19(12-14-23(24)36-4)27-26(29(35)38-6-2)17(3)31-30-32(27)28(34)25(39-30)16-21-20-10-8-7-9-18(20)11-13-22(21)33/h7-16,27,33H,5-6H2,1-4H3/b25-16-/t27-/m1/s1. The summed E-state index contributed by atoms with van der Waals surface area (Å²) in [6.45, 7) is 5.93. The fraction of sp³-hybridized carbons (Fsp3) is 0.233. The average Bonchev–Trinajstić information content (AvgIpc) is 3.23. The second-order valence-electron chi connectivity index (χ2n) is 8.87. The highest BCUT2D eigenvalue weighted by molar-refractivity contribution is 7.07. The van der Waals surface area contributed by atoms with Crippen LogP contribution in [0.4, 0.5) is 0 Å². The van der Waals surface area contributed by atoms with Gasteiger partial charge in [-0.2, -0.15) is 0 Å². The molecule has 8 nitrogen and oxygen atoms in total. The Morgan fingerprint density at radius 1 is 1.10 bits per heavy atom. The van der Waals surface area contributed by atoms with Crippen molar-refractivity contribution in [3.8, 4) is 17.2 Å². The van der Waals surface area contributed by atoms with Crippen molar-refractivity contribution in [3.05, 3.63) is 96.7 Å². The van der Waals surface area contributed by atoms with E-state index in [4.69, 9.17) is 14.2 Å². The van der Waals surface area contributed by atoms with Gasteiger partial charge in [0, 0.05) is 5.56 Å². The quantitative estimate of drug-likeness (QED) is 0.352. The fourth-order valence-electron chi connectivity index (χ4n) is 4.81. The maximum Gasteiger partial charge on any atom is 0.338 e. The lowest BCUT2D eigenvalue weighted by molar-refractivity contribution is -0.139. The van der Waals surface area contributed by atoms with Gasteiger partial charge in [0.15, 0.2) is 16.3 Å². The summed E-state index contributed by atoms with van der Waals surface area (Å²) in [6, 6.07) is 15.6. The van der Waals surface area contributed by atoms with Crippen LogP contribution in [0.15, 0.2) is 75.7 Å². The summed E-state index contributed by atoms with van der Waals surface area (Å²) in [5, 5.41) is 12.4. The molecule has 1 aliphatic heterocycles. The molecule has 0 bridgehead atoms. The van der Waals surface area contributed by atoms with E-state index >= 15 is 0 Å². The highest BCUT2D eigenvalue weighted by Crippen LogP contribution is 2.36. The molecule has 39 heavy (non-hydrogen) atoms. The van der Waals surface area contributed by atoms with Crippen molar-refractivity contribution in [3.63, 3.8) is 0 Å². The third kappa shape index (κ3) is 4.70. The number of hydrogen-bond donors (Lipinski definition) is 1. The summed E-state index contributed by atoms with van der Waals surface area (Å²) in [5.41, 5.74) is 1.60. The molecule has 0 radical (unpaired) electrons. The Bertz CT molecular complexity index is 1800. The van der Waals surface area contributed by atoms with Gasteiger partial charge in [0.2, 0.25) is 0 Å². The molecular weight excluding hydrogens is 516 g/mol. The molecule has 4 aromatic rings. The van der Waals surface area contributed by atoms with Crippen LogP contribution in [0.5, 0.6) is 17.2 Å². The van der Waals surface area contributed by atoms with E-state index in [-0.39, 0.29) is 23.5 Å². The van der Waals surface area contributed by atoms with Crippen LogP contribution < -0.4 is 24.4 Å². The second-order valence-corrected chi connectivity index (χ2v) is 9.87. The Hall–Kier alpha value is -4.37. The van der Waals surface area contributed by atoms with Gasteiger partial charge in [-0.15, -0.1) is 0 Å². The molecular formula is C30H28N2O6S. The van der Waals surface area contributed by atoms with Crippen LogP contribution >= 0.6 is 11.3 Å². The van der Waals surface area contributed by atoms with E-state index in [0.29, 0.717) is 44.3 Å². The number of allylic oxidation sites excluding steroid dienone is 1. The van der Waals surface area contributed by atoms with Crippen LogP contribution in [0.25, 0.3) is 16.8 Å². The molecule has 9 heteroatoms. The Kier molecular flexibility index (Phi) is 7.26. The van der Waals surface area contributed by atoms with Gasteiger partial charge in [-0.1, -0.05) is 47.7 Å². The molecule has 0 aliphatic carbocycles. The zero-order valence-electron chi connectivity index (χ0n) is 22.1. The monoisotopic (exact) mass is 544 g/mol. The minimum atomic E-state index is -0.798. The number of fused-ring (bicyclic) bond motifs is 2. The molecule has 1 N–H and O–H groups in total. The number of rotatable bonds is 7. The van der Waals surface area contributed by atoms with Crippen molar-refractivity contribution in [2.45, 2.75) is 26.8 Å². The first-order valence-electron chi connectivity index (χ1n) is 12.6. The Balaban J connectivity index is 1.77. The number of benzene rings is 3. The summed E-state index contributed by atoms with van der Waals surface area (Å²) in [6.07, 6.45) is 1.68. The van der Waals surface area contributed by atoms with Crippen molar-refractivity contribution in [2.75, 3.05) is 20.3 Å².